The number of carbonyl (C=O) groups is 4. The molecule has 0 bridgehead atoms. The van der Waals surface area contributed by atoms with E-state index in [0.29, 0.717) is 12.5 Å². The Morgan fingerprint density at radius 2 is 1.76 bits per heavy atom. The van der Waals surface area contributed by atoms with Gasteiger partial charge in [0.05, 0.1) is 6.10 Å². The first-order chi connectivity index (χ1) is 17.7. The zero-order valence-electron chi connectivity index (χ0n) is 23.5. The maximum Gasteiger partial charge on any atom is 0.408 e. The number of carbonyl (C=O) groups excluding carboxylic acids is 4. The van der Waals surface area contributed by atoms with Gasteiger partial charge in [-0.05, 0) is 71.9 Å². The van der Waals surface area contributed by atoms with Gasteiger partial charge < -0.3 is 30.0 Å². The van der Waals surface area contributed by atoms with Gasteiger partial charge in [-0.2, -0.15) is 0 Å². The van der Waals surface area contributed by atoms with Crippen LogP contribution in [-0.4, -0.2) is 52.7 Å². The van der Waals surface area contributed by atoms with Crippen molar-refractivity contribution in [2.45, 2.75) is 92.0 Å². The van der Waals surface area contributed by atoms with E-state index in [-0.39, 0.29) is 37.1 Å². The topological polar surface area (TPSA) is 145 Å². The summed E-state index contributed by atoms with van der Waals surface area (Å²) in [6, 6.07) is 1.89. The number of esters is 1. The molecule has 1 rings (SSSR count). The van der Waals surface area contributed by atoms with Crippen molar-refractivity contribution in [1.82, 2.24) is 15.2 Å². The first-order valence-electron chi connectivity index (χ1n) is 12.8. The average Bonchev–Trinajstić information content (AvgIpc) is 2.76. The standard InChI is InChI=1S/C27H42N4O7/c1-18(2)14-15-28-22(32)17-31-16-10-12-21(25(31)35)29-24(34)20(30-26(36)38-27(5,6)7)11-8-9-13-23(33)37-19(3)4/h9-10,12-13,16,18-20H,8,11,14-15,17H2,1-7H3,(H,28,32)(H,29,34)(H,30,36). The minimum absolute atomic E-state index is 0.0421. The van der Waals surface area contributed by atoms with Crippen LogP contribution in [0.1, 0.15) is 67.7 Å². The highest BCUT2D eigenvalue weighted by molar-refractivity contribution is 5.96. The molecule has 0 radical (unpaired) electrons. The minimum Gasteiger partial charge on any atom is -0.460 e. The number of pyridine rings is 1. The van der Waals surface area contributed by atoms with Crippen molar-refractivity contribution in [3.63, 3.8) is 0 Å². The van der Waals surface area contributed by atoms with Gasteiger partial charge in [-0.15, -0.1) is 0 Å². The molecule has 0 spiro atoms. The Morgan fingerprint density at radius 1 is 1.08 bits per heavy atom. The quantitative estimate of drug-likeness (QED) is 0.260. The molecule has 1 aromatic heterocycles. The monoisotopic (exact) mass is 534 g/mol. The maximum absolute atomic E-state index is 13.1. The Labute approximate surface area is 224 Å². The number of nitrogens with one attached hydrogen (secondary N) is 3. The molecule has 212 valence electrons. The van der Waals surface area contributed by atoms with E-state index in [9.17, 15) is 24.0 Å². The third-order valence-corrected chi connectivity index (χ3v) is 4.87. The van der Waals surface area contributed by atoms with Gasteiger partial charge in [0.2, 0.25) is 11.8 Å². The number of hydrogen-bond acceptors (Lipinski definition) is 7. The van der Waals surface area contributed by atoms with Gasteiger partial charge in [0.15, 0.2) is 0 Å². The van der Waals surface area contributed by atoms with Crippen LogP contribution < -0.4 is 21.5 Å². The van der Waals surface area contributed by atoms with Crippen LogP contribution in [0.5, 0.6) is 0 Å². The second-order valence-electron chi connectivity index (χ2n) is 10.5. The lowest BCUT2D eigenvalue weighted by atomic mass is 10.1. The van der Waals surface area contributed by atoms with Gasteiger partial charge >= 0.3 is 12.1 Å². The number of nitrogens with zero attached hydrogens (tertiary/aromatic N) is 1. The molecule has 0 fully saturated rings. The summed E-state index contributed by atoms with van der Waals surface area (Å²) in [5.41, 5.74) is -1.39. The molecular formula is C27H42N4O7. The Hall–Kier alpha value is -3.63. The van der Waals surface area contributed by atoms with Crippen molar-refractivity contribution in [1.29, 1.82) is 0 Å². The van der Waals surface area contributed by atoms with E-state index >= 15 is 0 Å². The molecule has 0 aliphatic rings. The van der Waals surface area contributed by atoms with Crippen molar-refractivity contribution in [2.24, 2.45) is 5.92 Å². The Balaban J connectivity index is 2.94. The highest BCUT2D eigenvalue weighted by atomic mass is 16.6. The van der Waals surface area contributed by atoms with Crippen LogP contribution in [0.4, 0.5) is 10.5 Å². The highest BCUT2D eigenvalue weighted by Crippen LogP contribution is 2.10. The summed E-state index contributed by atoms with van der Waals surface area (Å²) < 4.78 is 11.5. The molecule has 0 aliphatic heterocycles. The van der Waals surface area contributed by atoms with E-state index in [4.69, 9.17) is 9.47 Å². The zero-order valence-corrected chi connectivity index (χ0v) is 23.5. The smallest absolute Gasteiger partial charge is 0.408 e. The van der Waals surface area contributed by atoms with Crippen LogP contribution in [0.25, 0.3) is 0 Å². The lowest BCUT2D eigenvalue weighted by Gasteiger charge is -2.23. The normalized spacial score (nSPS) is 12.3. The Bertz CT molecular complexity index is 1040. The molecule has 1 aromatic rings. The number of ether oxygens (including phenoxy) is 2. The molecule has 3 N–H and O–H groups in total. The van der Waals surface area contributed by atoms with E-state index in [1.54, 1.807) is 34.6 Å². The predicted octanol–water partition coefficient (Wildman–Crippen LogP) is 3.13. The fraction of sp³-hybridized carbons (Fsp3) is 0.593. The molecule has 0 saturated heterocycles. The number of alkyl carbamates (subject to hydrolysis) is 1. The molecule has 1 heterocycles. The summed E-state index contributed by atoms with van der Waals surface area (Å²) in [6.45, 7) is 12.9. The molecule has 0 aliphatic carbocycles. The molecule has 3 amide bonds. The zero-order chi connectivity index (χ0) is 28.9. The lowest BCUT2D eigenvalue weighted by Crippen LogP contribution is -2.46. The van der Waals surface area contributed by atoms with Crippen LogP contribution in [0.2, 0.25) is 0 Å². The lowest BCUT2D eigenvalue weighted by molar-refractivity contribution is -0.141. The number of rotatable bonds is 13. The van der Waals surface area contributed by atoms with Crippen LogP contribution in [0.15, 0.2) is 35.3 Å². The van der Waals surface area contributed by atoms with Gasteiger partial charge in [0.1, 0.15) is 23.9 Å². The van der Waals surface area contributed by atoms with E-state index in [1.807, 2.05) is 13.8 Å². The van der Waals surface area contributed by atoms with Crippen LogP contribution >= 0.6 is 0 Å². The fourth-order valence-corrected chi connectivity index (χ4v) is 3.12. The molecule has 1 atom stereocenters. The van der Waals surface area contributed by atoms with E-state index in [0.717, 1.165) is 6.42 Å². The van der Waals surface area contributed by atoms with Gasteiger partial charge in [-0.1, -0.05) is 19.9 Å². The molecule has 11 nitrogen and oxygen atoms in total. The van der Waals surface area contributed by atoms with Crippen molar-refractivity contribution in [2.75, 3.05) is 11.9 Å². The largest absolute Gasteiger partial charge is 0.460 e. The van der Waals surface area contributed by atoms with Gasteiger partial charge in [0, 0.05) is 18.8 Å². The highest BCUT2D eigenvalue weighted by Gasteiger charge is 2.25. The first kappa shape index (κ1) is 32.4. The fourth-order valence-electron chi connectivity index (χ4n) is 3.12. The molecule has 0 saturated carbocycles. The summed E-state index contributed by atoms with van der Waals surface area (Å²) in [7, 11) is 0. The van der Waals surface area contributed by atoms with Crippen LogP contribution in [0, 0.1) is 5.92 Å². The third kappa shape index (κ3) is 13.6. The molecule has 1 unspecified atom stereocenters. The molecule has 38 heavy (non-hydrogen) atoms. The summed E-state index contributed by atoms with van der Waals surface area (Å²) in [5.74, 6) is -1.05. The summed E-state index contributed by atoms with van der Waals surface area (Å²) in [4.78, 5) is 62.2. The second kappa shape index (κ2) is 15.6. The second-order valence-corrected chi connectivity index (χ2v) is 10.5. The van der Waals surface area contributed by atoms with Crippen molar-refractivity contribution < 1.29 is 28.7 Å². The van der Waals surface area contributed by atoms with Gasteiger partial charge in [-0.3, -0.25) is 14.4 Å². The van der Waals surface area contributed by atoms with Crippen LogP contribution in [-0.2, 0) is 30.4 Å². The van der Waals surface area contributed by atoms with E-state index in [2.05, 4.69) is 16.0 Å². The van der Waals surface area contributed by atoms with Crippen molar-refractivity contribution in [3.05, 3.63) is 40.8 Å². The number of amides is 3. The molecule has 11 heteroatoms. The molecular weight excluding hydrogens is 492 g/mol. The first-order valence-corrected chi connectivity index (χ1v) is 12.8. The molecule has 0 aromatic carbocycles. The minimum atomic E-state index is -1.07. The number of hydrogen-bond donors (Lipinski definition) is 3. The summed E-state index contributed by atoms with van der Waals surface area (Å²) in [6.07, 6.45) is 4.38. The van der Waals surface area contributed by atoms with Crippen molar-refractivity contribution >= 4 is 29.6 Å². The van der Waals surface area contributed by atoms with Crippen molar-refractivity contribution in [3.8, 4) is 0 Å². The SMILES string of the molecule is CC(C)CCNC(=O)Cn1cccc(NC(=O)C(CCC=CC(=O)OC(C)C)NC(=O)OC(C)(C)C)c1=O. The maximum atomic E-state index is 13.1. The summed E-state index contributed by atoms with van der Waals surface area (Å²) >= 11 is 0. The third-order valence-electron chi connectivity index (χ3n) is 4.87. The van der Waals surface area contributed by atoms with Crippen LogP contribution in [0.3, 0.4) is 0 Å². The van der Waals surface area contributed by atoms with E-state index in [1.165, 1.54) is 35.0 Å². The average molecular weight is 535 g/mol. The number of allylic oxidation sites excluding steroid dienone is 1. The number of anilines is 1. The van der Waals surface area contributed by atoms with Gasteiger partial charge in [0.25, 0.3) is 5.56 Å². The Kier molecular flexibility index (Phi) is 13.3. The van der Waals surface area contributed by atoms with Gasteiger partial charge in [-0.25, -0.2) is 9.59 Å². The van der Waals surface area contributed by atoms with E-state index < -0.39 is 35.2 Å². The predicted molar refractivity (Wildman–Crippen MR) is 145 cm³/mol. The number of aromatic nitrogens is 1. The Morgan fingerprint density at radius 3 is 2.37 bits per heavy atom. The summed E-state index contributed by atoms with van der Waals surface area (Å²) in [5, 5.41) is 7.82.